The average molecular weight is 301 g/mol. The van der Waals surface area contributed by atoms with Crippen LogP contribution in [0.3, 0.4) is 0 Å². The Morgan fingerprint density at radius 2 is 2.33 bits per heavy atom. The third-order valence-corrected chi connectivity index (χ3v) is 4.75. The minimum absolute atomic E-state index is 0.0775. The summed E-state index contributed by atoms with van der Waals surface area (Å²) in [5.41, 5.74) is 2.59. The molecule has 1 aromatic heterocycles. The summed E-state index contributed by atoms with van der Waals surface area (Å²) < 4.78 is 0. The molecule has 1 aromatic carbocycles. The van der Waals surface area contributed by atoms with Crippen molar-refractivity contribution < 1.29 is 4.79 Å². The van der Waals surface area contributed by atoms with Crippen LogP contribution in [0, 0.1) is 12.8 Å². The van der Waals surface area contributed by atoms with Crippen LogP contribution in [-0.4, -0.2) is 24.0 Å². The SMILES string of the molecule is Cc1ccccc1Cc1cnc(NC(=O)[C@@H]2CCNC2)s1. The molecule has 0 aliphatic carbocycles. The first-order valence-electron chi connectivity index (χ1n) is 7.23. The van der Waals surface area contributed by atoms with Crippen LogP contribution in [0.15, 0.2) is 30.5 Å². The van der Waals surface area contributed by atoms with Crippen molar-refractivity contribution in [3.63, 3.8) is 0 Å². The third kappa shape index (κ3) is 3.49. The average Bonchev–Trinajstić information content (AvgIpc) is 3.13. The number of carbonyl (C=O) groups excluding carboxylic acids is 1. The minimum atomic E-state index is 0.0775. The minimum Gasteiger partial charge on any atom is -0.316 e. The number of aryl methyl sites for hydroxylation is 1. The number of nitrogens with one attached hydrogen (secondary N) is 2. The third-order valence-electron chi connectivity index (χ3n) is 3.84. The van der Waals surface area contributed by atoms with E-state index in [1.807, 2.05) is 12.3 Å². The van der Waals surface area contributed by atoms with E-state index in [0.717, 1.165) is 25.9 Å². The van der Waals surface area contributed by atoms with E-state index in [1.165, 1.54) is 16.0 Å². The van der Waals surface area contributed by atoms with Gasteiger partial charge in [-0.15, -0.1) is 11.3 Å². The largest absolute Gasteiger partial charge is 0.316 e. The Morgan fingerprint density at radius 1 is 1.48 bits per heavy atom. The van der Waals surface area contributed by atoms with E-state index in [1.54, 1.807) is 11.3 Å². The Morgan fingerprint density at radius 3 is 3.10 bits per heavy atom. The van der Waals surface area contributed by atoms with Gasteiger partial charge in [-0.05, 0) is 31.0 Å². The van der Waals surface area contributed by atoms with Gasteiger partial charge in [0.05, 0.1) is 5.92 Å². The predicted molar refractivity (Wildman–Crippen MR) is 85.7 cm³/mol. The van der Waals surface area contributed by atoms with Crippen molar-refractivity contribution in [2.24, 2.45) is 5.92 Å². The van der Waals surface area contributed by atoms with Crippen molar-refractivity contribution in [2.75, 3.05) is 18.4 Å². The number of amides is 1. The molecule has 2 aromatic rings. The fourth-order valence-corrected chi connectivity index (χ4v) is 3.37. The molecule has 5 heteroatoms. The smallest absolute Gasteiger partial charge is 0.230 e. The summed E-state index contributed by atoms with van der Waals surface area (Å²) in [5, 5.41) is 6.84. The van der Waals surface area contributed by atoms with Gasteiger partial charge in [-0.1, -0.05) is 24.3 Å². The van der Waals surface area contributed by atoms with Gasteiger partial charge in [0, 0.05) is 24.0 Å². The van der Waals surface area contributed by atoms with Gasteiger partial charge in [0.25, 0.3) is 0 Å². The van der Waals surface area contributed by atoms with Crippen LogP contribution in [0.5, 0.6) is 0 Å². The van der Waals surface area contributed by atoms with E-state index in [0.29, 0.717) is 5.13 Å². The number of thiazole rings is 1. The predicted octanol–water partition coefficient (Wildman–Crippen LogP) is 2.59. The van der Waals surface area contributed by atoms with Crippen LogP contribution in [-0.2, 0) is 11.2 Å². The Labute approximate surface area is 128 Å². The Bertz CT molecular complexity index is 632. The first-order chi connectivity index (χ1) is 10.2. The van der Waals surface area contributed by atoms with Crippen LogP contribution in [0.2, 0.25) is 0 Å². The van der Waals surface area contributed by atoms with E-state index < -0.39 is 0 Å². The summed E-state index contributed by atoms with van der Waals surface area (Å²) >= 11 is 1.56. The maximum absolute atomic E-state index is 12.1. The molecule has 1 saturated heterocycles. The zero-order chi connectivity index (χ0) is 14.7. The van der Waals surface area contributed by atoms with Gasteiger partial charge in [-0.3, -0.25) is 4.79 Å². The van der Waals surface area contributed by atoms with Gasteiger partial charge >= 0.3 is 0 Å². The second-order valence-corrected chi connectivity index (χ2v) is 6.53. The molecule has 1 aliphatic rings. The molecular weight excluding hydrogens is 282 g/mol. The van der Waals surface area contributed by atoms with Crippen LogP contribution in [0.4, 0.5) is 5.13 Å². The van der Waals surface area contributed by atoms with Gasteiger partial charge in [0.2, 0.25) is 5.91 Å². The monoisotopic (exact) mass is 301 g/mol. The molecule has 0 unspecified atom stereocenters. The van der Waals surface area contributed by atoms with Crippen molar-refractivity contribution in [1.82, 2.24) is 10.3 Å². The van der Waals surface area contributed by atoms with Gasteiger partial charge in [0.15, 0.2) is 5.13 Å². The summed E-state index contributed by atoms with van der Waals surface area (Å²) in [6.07, 6.45) is 3.64. The van der Waals surface area contributed by atoms with Gasteiger partial charge < -0.3 is 10.6 Å². The molecule has 2 heterocycles. The van der Waals surface area contributed by atoms with Gasteiger partial charge in [-0.25, -0.2) is 4.98 Å². The quantitative estimate of drug-likeness (QED) is 0.912. The fraction of sp³-hybridized carbons (Fsp3) is 0.375. The summed E-state index contributed by atoms with van der Waals surface area (Å²) in [7, 11) is 0. The molecule has 4 nitrogen and oxygen atoms in total. The second-order valence-electron chi connectivity index (χ2n) is 5.41. The molecule has 0 saturated carbocycles. The number of hydrogen-bond acceptors (Lipinski definition) is 4. The molecule has 2 N–H and O–H groups in total. The molecule has 0 bridgehead atoms. The highest BCUT2D eigenvalue weighted by atomic mass is 32.1. The molecule has 1 fully saturated rings. The maximum atomic E-state index is 12.1. The number of nitrogens with zero attached hydrogens (tertiary/aromatic N) is 1. The number of rotatable bonds is 4. The molecule has 1 atom stereocenters. The summed E-state index contributed by atoms with van der Waals surface area (Å²) in [5.74, 6) is 0.158. The Kier molecular flexibility index (Phi) is 4.31. The molecule has 0 radical (unpaired) electrons. The summed E-state index contributed by atoms with van der Waals surface area (Å²) in [6.45, 7) is 3.81. The topological polar surface area (TPSA) is 54.0 Å². The highest BCUT2D eigenvalue weighted by Gasteiger charge is 2.23. The van der Waals surface area contributed by atoms with Crippen molar-refractivity contribution in [2.45, 2.75) is 19.8 Å². The van der Waals surface area contributed by atoms with Crippen LogP contribution in [0.25, 0.3) is 0 Å². The van der Waals surface area contributed by atoms with E-state index in [9.17, 15) is 4.79 Å². The zero-order valence-corrected chi connectivity index (χ0v) is 12.9. The van der Waals surface area contributed by atoms with Crippen LogP contribution < -0.4 is 10.6 Å². The van der Waals surface area contributed by atoms with Crippen molar-refractivity contribution in [3.8, 4) is 0 Å². The normalized spacial score (nSPS) is 17.9. The molecule has 3 rings (SSSR count). The molecule has 1 amide bonds. The molecule has 0 spiro atoms. The number of anilines is 1. The van der Waals surface area contributed by atoms with Gasteiger partial charge in [-0.2, -0.15) is 0 Å². The second kappa shape index (κ2) is 6.37. The van der Waals surface area contributed by atoms with Crippen LogP contribution >= 0.6 is 11.3 Å². The first kappa shape index (κ1) is 14.2. The standard InChI is InChI=1S/C16H19N3OS/c1-11-4-2-3-5-12(11)8-14-10-18-16(21-14)19-15(20)13-6-7-17-9-13/h2-5,10,13,17H,6-9H2,1H3,(H,18,19,20)/t13-/m1/s1. The molecule has 21 heavy (non-hydrogen) atoms. The number of benzene rings is 1. The fourth-order valence-electron chi connectivity index (χ4n) is 2.53. The Hall–Kier alpha value is -1.72. The van der Waals surface area contributed by atoms with Crippen molar-refractivity contribution >= 4 is 22.4 Å². The van der Waals surface area contributed by atoms with Gasteiger partial charge in [0.1, 0.15) is 0 Å². The number of hydrogen-bond donors (Lipinski definition) is 2. The lowest BCUT2D eigenvalue weighted by atomic mass is 10.1. The molecule has 110 valence electrons. The lowest BCUT2D eigenvalue weighted by Crippen LogP contribution is -2.24. The van der Waals surface area contributed by atoms with Crippen LogP contribution in [0.1, 0.15) is 22.4 Å². The summed E-state index contributed by atoms with van der Waals surface area (Å²) in [6, 6.07) is 8.36. The van der Waals surface area contributed by atoms with E-state index in [-0.39, 0.29) is 11.8 Å². The highest BCUT2D eigenvalue weighted by Crippen LogP contribution is 2.23. The van der Waals surface area contributed by atoms with Crippen molar-refractivity contribution in [1.29, 1.82) is 0 Å². The molecule has 1 aliphatic heterocycles. The number of aromatic nitrogens is 1. The lowest BCUT2D eigenvalue weighted by Gasteiger charge is -2.06. The summed E-state index contributed by atoms with van der Waals surface area (Å²) in [4.78, 5) is 17.5. The van der Waals surface area contributed by atoms with E-state index >= 15 is 0 Å². The zero-order valence-electron chi connectivity index (χ0n) is 12.1. The molecular formula is C16H19N3OS. The van der Waals surface area contributed by atoms with E-state index in [2.05, 4.69) is 40.7 Å². The van der Waals surface area contributed by atoms with Crippen molar-refractivity contribution in [3.05, 3.63) is 46.5 Å². The first-order valence-corrected chi connectivity index (χ1v) is 8.05. The number of carbonyl (C=O) groups is 1. The Balaban J connectivity index is 1.63. The highest BCUT2D eigenvalue weighted by molar-refractivity contribution is 7.15. The lowest BCUT2D eigenvalue weighted by molar-refractivity contribution is -0.119. The van der Waals surface area contributed by atoms with E-state index in [4.69, 9.17) is 0 Å². The maximum Gasteiger partial charge on any atom is 0.230 e.